The Hall–Kier alpha value is -0.970. The van der Waals surface area contributed by atoms with Gasteiger partial charge in [0.2, 0.25) is 0 Å². The Kier molecular flexibility index (Phi) is 6.36. The minimum absolute atomic E-state index is 0.0264. The quantitative estimate of drug-likeness (QED) is 0.254. The van der Waals surface area contributed by atoms with Crippen molar-refractivity contribution < 1.29 is 20.0 Å². The third-order valence-electron chi connectivity index (χ3n) is 11.6. The number of fused-ring (bicyclic) bond motifs is 4. The van der Waals surface area contributed by atoms with Crippen LogP contribution in [0, 0.1) is 39.4 Å². The predicted molar refractivity (Wildman–Crippen MR) is 136 cm³/mol. The van der Waals surface area contributed by atoms with Gasteiger partial charge in [0.1, 0.15) is 5.60 Å². The summed E-state index contributed by atoms with van der Waals surface area (Å²) in [4.78, 5) is 18.5. The third kappa shape index (κ3) is 3.61. The Balaban J connectivity index is 1.67. The molecule has 0 heterocycles. The van der Waals surface area contributed by atoms with Crippen LogP contribution in [0.5, 0.6) is 0 Å². The minimum atomic E-state index is -0.666. The highest BCUT2D eigenvalue weighted by atomic mass is 17.1. The van der Waals surface area contributed by atoms with Crippen LogP contribution in [0.3, 0.4) is 0 Å². The summed E-state index contributed by atoms with van der Waals surface area (Å²) in [6.45, 7) is 17.7. The molecule has 4 rings (SSSR count). The lowest BCUT2D eigenvalue weighted by molar-refractivity contribution is -0.297. The summed E-state index contributed by atoms with van der Waals surface area (Å²) < 4.78 is 0. The molecule has 4 heteroatoms. The van der Waals surface area contributed by atoms with E-state index in [1.54, 1.807) is 0 Å². The van der Waals surface area contributed by atoms with Crippen LogP contribution in [-0.4, -0.2) is 27.9 Å². The standard InChI is InChI=1S/C30H48O4/c1-19(10-9-14-26(2,3)34-33)20-11-17-30(8)25-21(12-16-29(20,30)7)28(6)15-13-24(32)27(4,5)23(28)18-22(25)31/h9,14,19-20,23-24,32-33H,10-13,15-18H2,1-8H3/b14-9+/t19-,20-,23-,24-,28+,29-,30+/m0/s1. The summed E-state index contributed by atoms with van der Waals surface area (Å²) >= 11 is 0. The zero-order chi connectivity index (χ0) is 25.3. The molecule has 4 aliphatic rings. The summed E-state index contributed by atoms with van der Waals surface area (Å²) in [5.41, 5.74) is 1.82. The molecular formula is C30H48O4. The number of ketones is 1. The van der Waals surface area contributed by atoms with E-state index in [-0.39, 0.29) is 33.7 Å². The molecule has 0 radical (unpaired) electrons. The maximum absolute atomic E-state index is 13.9. The van der Waals surface area contributed by atoms with Gasteiger partial charge in [-0.05, 0) is 92.8 Å². The molecule has 0 saturated heterocycles. The van der Waals surface area contributed by atoms with Gasteiger partial charge in [-0.15, -0.1) is 0 Å². The van der Waals surface area contributed by atoms with Gasteiger partial charge in [0.15, 0.2) is 5.78 Å². The fraction of sp³-hybridized carbons (Fsp3) is 0.833. The number of hydrogen-bond donors (Lipinski definition) is 2. The SMILES string of the molecule is C[C@@H](C/C=C/C(C)(C)OO)[C@@H]1CC[C@]2(C)C3=C(CC[C@@]12C)[C@@]1(C)CC[C@H](O)C(C)(C)[C@@H]1CC3=O. The lowest BCUT2D eigenvalue weighted by Gasteiger charge is -2.61. The van der Waals surface area contributed by atoms with Crippen molar-refractivity contribution in [1.82, 2.24) is 0 Å². The molecule has 2 N–H and O–H groups in total. The number of allylic oxidation sites excluding steroid dienone is 3. The Morgan fingerprint density at radius 1 is 1.12 bits per heavy atom. The van der Waals surface area contributed by atoms with Crippen LogP contribution in [0.15, 0.2) is 23.3 Å². The number of Topliss-reactive ketones (excluding diaryl/α,β-unsaturated/α-hetero) is 1. The van der Waals surface area contributed by atoms with Crippen molar-refractivity contribution in [3.8, 4) is 0 Å². The van der Waals surface area contributed by atoms with E-state index in [2.05, 4.69) is 52.5 Å². The van der Waals surface area contributed by atoms with E-state index >= 15 is 0 Å². The van der Waals surface area contributed by atoms with E-state index in [0.29, 0.717) is 24.0 Å². The van der Waals surface area contributed by atoms with Gasteiger partial charge in [-0.1, -0.05) is 59.3 Å². The molecular weight excluding hydrogens is 424 g/mol. The molecule has 2 fully saturated rings. The molecule has 0 bridgehead atoms. The van der Waals surface area contributed by atoms with Gasteiger partial charge in [0, 0.05) is 17.4 Å². The predicted octanol–water partition coefficient (Wildman–Crippen LogP) is 7.13. The highest BCUT2D eigenvalue weighted by Gasteiger charge is 2.65. The fourth-order valence-corrected chi connectivity index (χ4v) is 9.07. The van der Waals surface area contributed by atoms with E-state index in [4.69, 9.17) is 5.26 Å². The minimum Gasteiger partial charge on any atom is -0.393 e. The average molecular weight is 473 g/mol. The highest BCUT2D eigenvalue weighted by molar-refractivity contribution is 5.99. The van der Waals surface area contributed by atoms with Gasteiger partial charge in [0.25, 0.3) is 0 Å². The molecule has 0 unspecified atom stereocenters. The molecule has 0 aliphatic heterocycles. The summed E-state index contributed by atoms with van der Waals surface area (Å²) in [6.07, 6.45) is 11.6. The summed E-state index contributed by atoms with van der Waals surface area (Å²) in [5.74, 6) is 1.66. The van der Waals surface area contributed by atoms with E-state index in [0.717, 1.165) is 44.9 Å². The van der Waals surface area contributed by atoms with E-state index in [9.17, 15) is 9.90 Å². The average Bonchev–Trinajstić information content (AvgIpc) is 3.04. The van der Waals surface area contributed by atoms with Crippen molar-refractivity contribution in [2.45, 2.75) is 118 Å². The Bertz CT molecular complexity index is 897. The number of carbonyl (C=O) groups is 1. The van der Waals surface area contributed by atoms with Crippen molar-refractivity contribution in [3.63, 3.8) is 0 Å². The first-order valence-electron chi connectivity index (χ1n) is 13.6. The molecule has 0 aromatic rings. The van der Waals surface area contributed by atoms with E-state index in [1.165, 1.54) is 11.1 Å². The van der Waals surface area contributed by atoms with Crippen LogP contribution in [0.25, 0.3) is 0 Å². The Morgan fingerprint density at radius 2 is 1.79 bits per heavy atom. The van der Waals surface area contributed by atoms with Crippen molar-refractivity contribution in [3.05, 3.63) is 23.3 Å². The molecule has 34 heavy (non-hydrogen) atoms. The zero-order valence-corrected chi connectivity index (χ0v) is 22.8. The second-order valence-corrected chi connectivity index (χ2v) is 14.0. The lowest BCUT2D eigenvalue weighted by Crippen LogP contribution is -2.57. The van der Waals surface area contributed by atoms with Crippen molar-refractivity contribution >= 4 is 5.78 Å². The van der Waals surface area contributed by atoms with Gasteiger partial charge < -0.3 is 5.11 Å². The van der Waals surface area contributed by atoms with E-state index < -0.39 is 5.60 Å². The maximum Gasteiger partial charge on any atom is 0.159 e. The molecule has 4 aliphatic carbocycles. The normalized spacial score (nSPS) is 43.0. The topological polar surface area (TPSA) is 66.8 Å². The second kappa shape index (κ2) is 8.28. The van der Waals surface area contributed by atoms with Crippen molar-refractivity contribution in [2.75, 3.05) is 0 Å². The smallest absolute Gasteiger partial charge is 0.159 e. The van der Waals surface area contributed by atoms with Crippen LogP contribution in [0.4, 0.5) is 0 Å². The van der Waals surface area contributed by atoms with Crippen LogP contribution >= 0.6 is 0 Å². The number of hydrogen-bond acceptors (Lipinski definition) is 4. The summed E-state index contributed by atoms with van der Waals surface area (Å²) in [6, 6.07) is 0. The number of rotatable bonds is 5. The van der Waals surface area contributed by atoms with Gasteiger partial charge in [0.05, 0.1) is 6.10 Å². The number of carbonyl (C=O) groups excluding carboxylic acids is 1. The fourth-order valence-electron chi connectivity index (χ4n) is 9.07. The molecule has 0 aromatic heterocycles. The van der Waals surface area contributed by atoms with Crippen LogP contribution < -0.4 is 0 Å². The highest BCUT2D eigenvalue weighted by Crippen LogP contribution is 2.71. The molecule has 4 nitrogen and oxygen atoms in total. The second-order valence-electron chi connectivity index (χ2n) is 14.0. The van der Waals surface area contributed by atoms with E-state index in [1.807, 2.05) is 19.9 Å². The van der Waals surface area contributed by atoms with Crippen molar-refractivity contribution in [1.29, 1.82) is 0 Å². The molecule has 2 saturated carbocycles. The largest absolute Gasteiger partial charge is 0.393 e. The molecule has 192 valence electrons. The van der Waals surface area contributed by atoms with Gasteiger partial charge in [-0.25, -0.2) is 4.89 Å². The Morgan fingerprint density at radius 3 is 2.44 bits per heavy atom. The lowest BCUT2D eigenvalue weighted by atomic mass is 9.43. The maximum atomic E-state index is 13.9. The number of aliphatic hydroxyl groups excluding tert-OH is 1. The molecule has 0 aromatic carbocycles. The summed E-state index contributed by atoms with van der Waals surface area (Å²) in [7, 11) is 0. The third-order valence-corrected chi connectivity index (χ3v) is 11.6. The van der Waals surface area contributed by atoms with Crippen LogP contribution in [-0.2, 0) is 9.68 Å². The first kappa shape index (κ1) is 26.1. The van der Waals surface area contributed by atoms with Gasteiger partial charge >= 0.3 is 0 Å². The van der Waals surface area contributed by atoms with Crippen molar-refractivity contribution in [2.24, 2.45) is 39.4 Å². The molecule has 0 amide bonds. The first-order valence-corrected chi connectivity index (χ1v) is 13.6. The molecule has 7 atom stereocenters. The molecule has 0 spiro atoms. The summed E-state index contributed by atoms with van der Waals surface area (Å²) in [5, 5.41) is 19.9. The zero-order valence-electron chi connectivity index (χ0n) is 22.8. The van der Waals surface area contributed by atoms with Crippen LogP contribution in [0.2, 0.25) is 0 Å². The van der Waals surface area contributed by atoms with Crippen LogP contribution in [0.1, 0.15) is 107 Å². The van der Waals surface area contributed by atoms with Gasteiger partial charge in [-0.3, -0.25) is 10.1 Å². The first-order chi connectivity index (χ1) is 15.6. The monoisotopic (exact) mass is 472 g/mol. The number of aliphatic hydroxyl groups is 1. The Labute approximate surface area is 207 Å². The van der Waals surface area contributed by atoms with Gasteiger partial charge in [-0.2, -0.15) is 0 Å².